The maximum absolute atomic E-state index is 12.7. The summed E-state index contributed by atoms with van der Waals surface area (Å²) >= 11 is 0. The van der Waals surface area contributed by atoms with E-state index in [1.54, 1.807) is 0 Å². The average molecular weight is 272 g/mol. The fourth-order valence-corrected chi connectivity index (χ4v) is 2.94. The summed E-state index contributed by atoms with van der Waals surface area (Å²) in [5, 5.41) is 2.86. The van der Waals surface area contributed by atoms with E-state index in [4.69, 9.17) is 0 Å². The highest BCUT2D eigenvalue weighted by Gasteiger charge is 2.54. The van der Waals surface area contributed by atoms with Gasteiger partial charge in [-0.05, 0) is 31.7 Å². The molecule has 2 fully saturated rings. The van der Waals surface area contributed by atoms with Crippen LogP contribution in [0.3, 0.4) is 0 Å². The van der Waals surface area contributed by atoms with Crippen molar-refractivity contribution in [2.45, 2.75) is 50.7 Å². The summed E-state index contributed by atoms with van der Waals surface area (Å²) in [5.74, 6) is -0.00303. The lowest BCUT2D eigenvalue weighted by atomic mass is 9.96. The number of hydrogen-bond acceptors (Lipinski definition) is 2. The van der Waals surface area contributed by atoms with Crippen LogP contribution in [0.15, 0.2) is 30.3 Å². The minimum atomic E-state index is -0.487. The van der Waals surface area contributed by atoms with Gasteiger partial charge in [-0.3, -0.25) is 9.59 Å². The Kier molecular flexibility index (Phi) is 3.04. The van der Waals surface area contributed by atoms with Gasteiger partial charge in [0.1, 0.15) is 12.1 Å². The van der Waals surface area contributed by atoms with Crippen LogP contribution in [0.1, 0.15) is 44.7 Å². The van der Waals surface area contributed by atoms with Gasteiger partial charge in [-0.1, -0.05) is 37.3 Å². The third kappa shape index (κ3) is 1.99. The number of piperazine rings is 1. The minimum absolute atomic E-state index is 0.0564. The van der Waals surface area contributed by atoms with Gasteiger partial charge in [-0.2, -0.15) is 0 Å². The third-order valence-corrected chi connectivity index (χ3v) is 4.44. The molecule has 2 atom stereocenters. The van der Waals surface area contributed by atoms with Crippen molar-refractivity contribution >= 4 is 11.8 Å². The second kappa shape index (κ2) is 4.62. The molecule has 0 bridgehead atoms. The Hall–Kier alpha value is -1.84. The lowest BCUT2D eigenvalue weighted by Gasteiger charge is -2.43. The molecule has 4 heteroatoms. The highest BCUT2D eigenvalue weighted by atomic mass is 16.2. The first kappa shape index (κ1) is 13.2. The first-order chi connectivity index (χ1) is 9.57. The van der Waals surface area contributed by atoms with Crippen molar-refractivity contribution in [1.29, 1.82) is 0 Å². The fourth-order valence-electron chi connectivity index (χ4n) is 2.94. The number of benzene rings is 1. The van der Waals surface area contributed by atoms with Crippen molar-refractivity contribution in [3.8, 4) is 0 Å². The van der Waals surface area contributed by atoms with Gasteiger partial charge in [0.2, 0.25) is 11.8 Å². The summed E-state index contributed by atoms with van der Waals surface area (Å²) in [6.07, 6.45) is 2.59. The third-order valence-electron chi connectivity index (χ3n) is 4.44. The lowest BCUT2D eigenvalue weighted by Crippen LogP contribution is -2.62. The van der Waals surface area contributed by atoms with Crippen LogP contribution in [0, 0.1) is 0 Å². The van der Waals surface area contributed by atoms with Gasteiger partial charge in [-0.25, -0.2) is 0 Å². The van der Waals surface area contributed by atoms with Gasteiger partial charge in [0.05, 0.1) is 0 Å². The van der Waals surface area contributed by atoms with Crippen LogP contribution in [0.4, 0.5) is 0 Å². The molecule has 4 nitrogen and oxygen atoms in total. The van der Waals surface area contributed by atoms with Gasteiger partial charge < -0.3 is 10.2 Å². The smallest absolute Gasteiger partial charge is 0.248 e. The Morgan fingerprint density at radius 1 is 1.25 bits per heavy atom. The van der Waals surface area contributed by atoms with Gasteiger partial charge in [0, 0.05) is 5.54 Å². The number of carbonyl (C=O) groups is 2. The molecule has 20 heavy (non-hydrogen) atoms. The van der Waals surface area contributed by atoms with E-state index in [-0.39, 0.29) is 23.4 Å². The molecular weight excluding hydrogens is 252 g/mol. The Morgan fingerprint density at radius 3 is 2.45 bits per heavy atom. The predicted octanol–water partition coefficient (Wildman–Crippen LogP) is 2.02. The molecule has 1 saturated carbocycles. The van der Waals surface area contributed by atoms with E-state index >= 15 is 0 Å². The second-order valence-corrected chi connectivity index (χ2v) is 5.99. The molecule has 1 aromatic rings. The zero-order chi connectivity index (χ0) is 14.3. The number of rotatable bonds is 3. The molecule has 0 spiro atoms. The van der Waals surface area contributed by atoms with E-state index in [9.17, 15) is 9.59 Å². The first-order valence-corrected chi connectivity index (χ1v) is 7.25. The van der Waals surface area contributed by atoms with Crippen molar-refractivity contribution in [3.05, 3.63) is 35.9 Å². The predicted molar refractivity (Wildman–Crippen MR) is 75.9 cm³/mol. The van der Waals surface area contributed by atoms with E-state index in [0.717, 1.165) is 18.4 Å². The number of nitrogens with one attached hydrogen (secondary N) is 1. The zero-order valence-electron chi connectivity index (χ0n) is 11.9. The van der Waals surface area contributed by atoms with E-state index in [1.807, 2.05) is 42.2 Å². The lowest BCUT2D eigenvalue weighted by molar-refractivity contribution is -0.153. The van der Waals surface area contributed by atoms with Crippen molar-refractivity contribution < 1.29 is 9.59 Å². The molecule has 3 rings (SSSR count). The van der Waals surface area contributed by atoms with Gasteiger partial charge in [0.25, 0.3) is 0 Å². The quantitative estimate of drug-likeness (QED) is 0.915. The van der Waals surface area contributed by atoms with Gasteiger partial charge >= 0.3 is 0 Å². The molecule has 2 unspecified atom stereocenters. The largest absolute Gasteiger partial charge is 0.342 e. The Bertz CT molecular complexity index is 537. The summed E-state index contributed by atoms with van der Waals surface area (Å²) < 4.78 is 0. The van der Waals surface area contributed by atoms with Crippen LogP contribution in [0.5, 0.6) is 0 Å². The summed E-state index contributed by atoms with van der Waals surface area (Å²) in [5.41, 5.74) is 0.740. The van der Waals surface area contributed by atoms with Crippen LogP contribution in [0.2, 0.25) is 0 Å². The van der Waals surface area contributed by atoms with Crippen LogP contribution >= 0.6 is 0 Å². The SMILES string of the molecule is CCC1NC(=O)C(c2ccccc2)N(C2(C)CC2)C1=O. The van der Waals surface area contributed by atoms with Gasteiger partial charge in [0.15, 0.2) is 0 Å². The fraction of sp³-hybridized carbons (Fsp3) is 0.500. The van der Waals surface area contributed by atoms with Crippen LogP contribution < -0.4 is 5.32 Å². The van der Waals surface area contributed by atoms with E-state index in [2.05, 4.69) is 12.2 Å². The van der Waals surface area contributed by atoms with E-state index in [0.29, 0.717) is 6.42 Å². The maximum atomic E-state index is 12.7. The number of nitrogens with zero attached hydrogens (tertiary/aromatic N) is 1. The summed E-state index contributed by atoms with van der Waals surface area (Å²) in [6.45, 7) is 4.01. The Labute approximate surface area is 119 Å². The molecular formula is C16H20N2O2. The highest BCUT2D eigenvalue weighted by molar-refractivity contribution is 5.98. The minimum Gasteiger partial charge on any atom is -0.342 e. The number of amides is 2. The number of hydrogen-bond donors (Lipinski definition) is 1. The molecule has 1 aromatic carbocycles. The first-order valence-electron chi connectivity index (χ1n) is 7.25. The topological polar surface area (TPSA) is 49.4 Å². The zero-order valence-corrected chi connectivity index (χ0v) is 11.9. The molecule has 1 N–H and O–H groups in total. The molecule has 1 saturated heterocycles. The molecule has 106 valence electrons. The normalized spacial score (nSPS) is 28.2. The maximum Gasteiger partial charge on any atom is 0.248 e. The average Bonchev–Trinajstić information content (AvgIpc) is 3.20. The summed E-state index contributed by atoms with van der Waals surface area (Å²) in [6, 6.07) is 8.72. The molecule has 1 aliphatic carbocycles. The van der Waals surface area contributed by atoms with E-state index < -0.39 is 6.04 Å². The van der Waals surface area contributed by atoms with Gasteiger partial charge in [-0.15, -0.1) is 0 Å². The second-order valence-electron chi connectivity index (χ2n) is 5.99. The molecule has 2 amide bonds. The molecule has 2 aliphatic rings. The van der Waals surface area contributed by atoms with Crippen molar-refractivity contribution in [3.63, 3.8) is 0 Å². The molecule has 1 heterocycles. The molecule has 1 aliphatic heterocycles. The summed E-state index contributed by atoms with van der Waals surface area (Å²) in [7, 11) is 0. The number of carbonyl (C=O) groups excluding carboxylic acids is 2. The Morgan fingerprint density at radius 2 is 1.90 bits per heavy atom. The molecule has 0 radical (unpaired) electrons. The van der Waals surface area contributed by atoms with Crippen molar-refractivity contribution in [2.24, 2.45) is 0 Å². The van der Waals surface area contributed by atoms with E-state index in [1.165, 1.54) is 0 Å². The summed E-state index contributed by atoms with van der Waals surface area (Å²) in [4.78, 5) is 27.0. The van der Waals surface area contributed by atoms with Crippen LogP contribution in [-0.4, -0.2) is 28.3 Å². The van der Waals surface area contributed by atoms with Crippen LogP contribution in [0.25, 0.3) is 0 Å². The Balaban J connectivity index is 2.02. The van der Waals surface area contributed by atoms with Crippen molar-refractivity contribution in [1.82, 2.24) is 10.2 Å². The highest BCUT2D eigenvalue weighted by Crippen LogP contribution is 2.47. The monoisotopic (exact) mass is 272 g/mol. The van der Waals surface area contributed by atoms with Crippen LogP contribution in [-0.2, 0) is 9.59 Å². The van der Waals surface area contributed by atoms with Crippen molar-refractivity contribution in [2.75, 3.05) is 0 Å². The standard InChI is InChI=1S/C16H20N2O2/c1-3-12-15(20)18(16(2)9-10-16)13(14(19)17-12)11-7-5-4-6-8-11/h4-8,12-13H,3,9-10H2,1-2H3,(H,17,19). The molecule has 0 aromatic heterocycles.